The van der Waals surface area contributed by atoms with Gasteiger partial charge in [0.2, 0.25) is 0 Å². The van der Waals surface area contributed by atoms with E-state index in [-0.39, 0.29) is 6.23 Å². The number of hydrogen-bond donors (Lipinski definition) is 1. The summed E-state index contributed by atoms with van der Waals surface area (Å²) in [4.78, 5) is 0. The average Bonchev–Trinajstić information content (AvgIpc) is 2.74. The van der Waals surface area contributed by atoms with E-state index in [1.807, 2.05) is 48.5 Å². The summed E-state index contributed by atoms with van der Waals surface area (Å²) in [7, 11) is 3.29. The Morgan fingerprint density at radius 1 is 0.857 bits per heavy atom. The van der Waals surface area contributed by atoms with E-state index in [1.165, 1.54) is 5.56 Å². The molecule has 0 aromatic heterocycles. The highest BCUT2D eigenvalue weighted by molar-refractivity contribution is 5.82. The van der Waals surface area contributed by atoms with E-state index in [9.17, 15) is 0 Å². The van der Waals surface area contributed by atoms with E-state index in [4.69, 9.17) is 14.2 Å². The minimum Gasteiger partial charge on any atom is -0.493 e. The minimum atomic E-state index is -0.349. The molecule has 0 saturated heterocycles. The first-order chi connectivity index (χ1) is 13.7. The van der Waals surface area contributed by atoms with E-state index in [1.54, 1.807) is 14.2 Å². The molecule has 0 fully saturated rings. The van der Waals surface area contributed by atoms with Crippen LogP contribution < -0.4 is 14.8 Å². The quantitative estimate of drug-likeness (QED) is 0.627. The lowest BCUT2D eigenvalue weighted by Gasteiger charge is -2.29. The average molecular weight is 373 g/mol. The molecule has 0 radical (unpaired) electrons. The third-order valence-electron chi connectivity index (χ3n) is 4.81. The predicted molar refractivity (Wildman–Crippen MR) is 112 cm³/mol. The van der Waals surface area contributed by atoms with Crippen LogP contribution in [0.15, 0.2) is 66.7 Å². The largest absolute Gasteiger partial charge is 0.493 e. The number of methoxy groups -OCH3 is 2. The smallest absolute Gasteiger partial charge is 0.197 e. The maximum Gasteiger partial charge on any atom is 0.197 e. The Bertz CT molecular complexity index is 994. The molecule has 0 bridgehead atoms. The highest BCUT2D eigenvalue weighted by atomic mass is 16.5. The Hall–Kier alpha value is -3.40. The van der Waals surface area contributed by atoms with Gasteiger partial charge < -0.3 is 19.5 Å². The number of rotatable bonds is 5. The molecule has 28 heavy (non-hydrogen) atoms. The molecule has 1 atom stereocenters. The second-order valence-electron chi connectivity index (χ2n) is 6.72. The summed E-state index contributed by atoms with van der Waals surface area (Å²) >= 11 is 0. The van der Waals surface area contributed by atoms with Crippen molar-refractivity contribution in [1.29, 1.82) is 0 Å². The maximum absolute atomic E-state index is 6.36. The topological polar surface area (TPSA) is 39.7 Å². The standard InChI is InChI=1S/C24H23NO3/c1-16-9-11-19(12-10-16)25-24-20-15-23(27-3)22(26-2)14-18(20)13-21(28-24)17-7-5-4-6-8-17/h4-15,24-25H,1-3H3. The number of ether oxygens (including phenoxy) is 3. The summed E-state index contributed by atoms with van der Waals surface area (Å²) in [6, 6.07) is 22.3. The number of benzene rings is 3. The molecular formula is C24H23NO3. The molecule has 3 aromatic rings. The highest BCUT2D eigenvalue weighted by Gasteiger charge is 2.25. The van der Waals surface area contributed by atoms with Crippen molar-refractivity contribution >= 4 is 17.5 Å². The molecule has 1 unspecified atom stereocenters. The second kappa shape index (κ2) is 7.69. The summed E-state index contributed by atoms with van der Waals surface area (Å²) < 4.78 is 17.4. The van der Waals surface area contributed by atoms with Crippen LogP contribution in [0.25, 0.3) is 11.8 Å². The summed E-state index contributed by atoms with van der Waals surface area (Å²) in [5.74, 6) is 2.18. The number of fused-ring (bicyclic) bond motifs is 1. The zero-order valence-corrected chi connectivity index (χ0v) is 16.2. The van der Waals surface area contributed by atoms with Gasteiger partial charge in [-0.15, -0.1) is 0 Å². The minimum absolute atomic E-state index is 0.349. The number of hydrogen-bond acceptors (Lipinski definition) is 4. The highest BCUT2D eigenvalue weighted by Crippen LogP contribution is 2.41. The van der Waals surface area contributed by atoms with Gasteiger partial charge in [0.1, 0.15) is 5.76 Å². The van der Waals surface area contributed by atoms with Crippen molar-refractivity contribution in [2.24, 2.45) is 0 Å². The Balaban J connectivity index is 1.78. The Morgan fingerprint density at radius 3 is 2.21 bits per heavy atom. The molecule has 0 spiro atoms. The van der Waals surface area contributed by atoms with Crippen LogP contribution in [0.5, 0.6) is 11.5 Å². The summed E-state index contributed by atoms with van der Waals surface area (Å²) in [6.07, 6.45) is 1.69. The fourth-order valence-electron chi connectivity index (χ4n) is 3.29. The van der Waals surface area contributed by atoms with Gasteiger partial charge in [-0.1, -0.05) is 48.0 Å². The molecule has 1 heterocycles. The van der Waals surface area contributed by atoms with Crippen molar-refractivity contribution in [2.45, 2.75) is 13.2 Å². The normalized spacial score (nSPS) is 15.1. The number of nitrogens with one attached hydrogen (secondary N) is 1. The third-order valence-corrected chi connectivity index (χ3v) is 4.81. The lowest BCUT2D eigenvalue weighted by atomic mass is 9.99. The Labute approximate surface area is 165 Å². The van der Waals surface area contributed by atoms with Crippen LogP contribution in [0.3, 0.4) is 0 Å². The van der Waals surface area contributed by atoms with Crippen molar-refractivity contribution in [3.63, 3.8) is 0 Å². The van der Waals surface area contributed by atoms with Gasteiger partial charge >= 0.3 is 0 Å². The number of anilines is 1. The van der Waals surface area contributed by atoms with Gasteiger partial charge in [0.25, 0.3) is 0 Å². The maximum atomic E-state index is 6.36. The zero-order valence-electron chi connectivity index (χ0n) is 16.2. The molecule has 0 amide bonds. The first-order valence-electron chi connectivity index (χ1n) is 9.21. The van der Waals surface area contributed by atoms with Gasteiger partial charge in [0.15, 0.2) is 17.7 Å². The lowest BCUT2D eigenvalue weighted by Crippen LogP contribution is -2.18. The summed E-state index contributed by atoms with van der Waals surface area (Å²) in [6.45, 7) is 2.07. The van der Waals surface area contributed by atoms with Crippen molar-refractivity contribution in [3.05, 3.63) is 89.0 Å². The molecule has 0 aliphatic carbocycles. The van der Waals surface area contributed by atoms with Crippen molar-refractivity contribution in [1.82, 2.24) is 0 Å². The molecule has 4 rings (SSSR count). The third kappa shape index (κ3) is 3.54. The van der Waals surface area contributed by atoms with Crippen LogP contribution in [0.4, 0.5) is 5.69 Å². The van der Waals surface area contributed by atoms with Gasteiger partial charge in [-0.2, -0.15) is 0 Å². The van der Waals surface area contributed by atoms with Gasteiger partial charge in [0, 0.05) is 16.8 Å². The molecule has 4 heteroatoms. The first kappa shape index (κ1) is 18.0. The summed E-state index contributed by atoms with van der Waals surface area (Å²) in [5.41, 5.74) is 5.27. The van der Waals surface area contributed by atoms with Gasteiger partial charge in [0.05, 0.1) is 14.2 Å². The fraction of sp³-hybridized carbons (Fsp3) is 0.167. The fourth-order valence-corrected chi connectivity index (χ4v) is 3.29. The van der Waals surface area contributed by atoms with Crippen LogP contribution in [0.1, 0.15) is 28.5 Å². The number of aryl methyl sites for hydroxylation is 1. The molecule has 1 N–H and O–H groups in total. The van der Waals surface area contributed by atoms with Crippen molar-refractivity contribution in [3.8, 4) is 11.5 Å². The van der Waals surface area contributed by atoms with Crippen LogP contribution in [0.2, 0.25) is 0 Å². The van der Waals surface area contributed by atoms with Gasteiger partial charge in [-0.25, -0.2) is 0 Å². The molecule has 142 valence electrons. The predicted octanol–water partition coefficient (Wildman–Crippen LogP) is 5.65. The van der Waals surface area contributed by atoms with Crippen LogP contribution in [0, 0.1) is 6.92 Å². The van der Waals surface area contributed by atoms with Crippen molar-refractivity contribution < 1.29 is 14.2 Å². The van der Waals surface area contributed by atoms with Crippen LogP contribution in [-0.2, 0) is 4.74 Å². The molecule has 0 saturated carbocycles. The second-order valence-corrected chi connectivity index (χ2v) is 6.72. The Morgan fingerprint density at radius 2 is 1.54 bits per heavy atom. The van der Waals surface area contributed by atoms with Crippen LogP contribution in [-0.4, -0.2) is 14.2 Å². The van der Waals surface area contributed by atoms with E-state index in [0.29, 0.717) is 11.5 Å². The Kier molecular flexibility index (Phi) is 4.94. The van der Waals surface area contributed by atoms with Gasteiger partial charge in [-0.05, 0) is 42.8 Å². The first-order valence-corrected chi connectivity index (χ1v) is 9.21. The molecular weight excluding hydrogens is 350 g/mol. The van der Waals surface area contributed by atoms with E-state index >= 15 is 0 Å². The van der Waals surface area contributed by atoms with E-state index < -0.39 is 0 Å². The molecule has 1 aliphatic rings. The lowest BCUT2D eigenvalue weighted by molar-refractivity contribution is 0.194. The zero-order chi connectivity index (χ0) is 19.5. The van der Waals surface area contributed by atoms with Crippen LogP contribution >= 0.6 is 0 Å². The monoisotopic (exact) mass is 373 g/mol. The molecule has 4 nitrogen and oxygen atoms in total. The van der Waals surface area contributed by atoms with E-state index in [2.05, 4.69) is 36.5 Å². The molecule has 3 aromatic carbocycles. The molecule has 1 aliphatic heterocycles. The van der Waals surface area contributed by atoms with Crippen molar-refractivity contribution in [2.75, 3.05) is 19.5 Å². The van der Waals surface area contributed by atoms with Gasteiger partial charge in [-0.3, -0.25) is 0 Å². The SMILES string of the molecule is COc1cc2c(cc1OC)C(Nc1ccc(C)cc1)OC(c1ccccc1)=C2. The summed E-state index contributed by atoms with van der Waals surface area (Å²) in [5, 5.41) is 3.49. The van der Waals surface area contributed by atoms with E-state index in [0.717, 1.165) is 28.1 Å².